The minimum atomic E-state index is -0.0488. The maximum absolute atomic E-state index is 11.7. The number of hydrogen-bond acceptors (Lipinski definition) is 1. The maximum atomic E-state index is 11.7. The number of benzene rings is 1. The summed E-state index contributed by atoms with van der Waals surface area (Å²) in [7, 11) is 0. The molecule has 0 aliphatic heterocycles. The highest BCUT2D eigenvalue weighted by Crippen LogP contribution is 2.05. The number of nitrogens with one attached hydrogen (secondary N) is 1. The van der Waals surface area contributed by atoms with Crippen molar-refractivity contribution in [3.05, 3.63) is 47.5 Å². The van der Waals surface area contributed by atoms with Crippen LogP contribution in [0.5, 0.6) is 0 Å². The van der Waals surface area contributed by atoms with E-state index in [-0.39, 0.29) is 5.91 Å². The van der Waals surface area contributed by atoms with E-state index in [9.17, 15) is 4.79 Å². The molecule has 1 rings (SSSR count). The summed E-state index contributed by atoms with van der Waals surface area (Å²) in [6.45, 7) is 2.43. The summed E-state index contributed by atoms with van der Waals surface area (Å²) in [5.41, 5.74) is 1.70. The molecule has 0 unspecified atom stereocenters. The lowest BCUT2D eigenvalue weighted by molar-refractivity contribution is 0.0957. The number of amides is 1. The zero-order valence-corrected chi connectivity index (χ0v) is 9.42. The molecule has 1 aromatic carbocycles. The van der Waals surface area contributed by atoms with Crippen LogP contribution in [-0.2, 0) is 0 Å². The van der Waals surface area contributed by atoms with Gasteiger partial charge in [0.25, 0.3) is 5.91 Å². The molecule has 0 saturated heterocycles. The fourth-order valence-electron chi connectivity index (χ4n) is 1.22. The molecular formula is C12H14ClNO. The van der Waals surface area contributed by atoms with Crippen LogP contribution < -0.4 is 5.32 Å². The molecule has 15 heavy (non-hydrogen) atoms. The highest BCUT2D eigenvalue weighted by molar-refractivity contribution is 6.18. The monoisotopic (exact) mass is 223 g/mol. The molecule has 0 radical (unpaired) electrons. The molecule has 1 aromatic rings. The summed E-state index contributed by atoms with van der Waals surface area (Å²) < 4.78 is 0. The third-order valence-corrected chi connectivity index (χ3v) is 2.20. The normalized spacial score (nSPS) is 10.5. The Balaban J connectivity index is 2.54. The summed E-state index contributed by atoms with van der Waals surface area (Å²) >= 11 is 5.46. The van der Waals surface area contributed by atoms with Crippen molar-refractivity contribution in [2.45, 2.75) is 6.92 Å². The second kappa shape index (κ2) is 6.25. The van der Waals surface area contributed by atoms with Crippen LogP contribution in [0.2, 0.25) is 0 Å². The van der Waals surface area contributed by atoms with Crippen molar-refractivity contribution in [2.24, 2.45) is 0 Å². The van der Waals surface area contributed by atoms with Gasteiger partial charge in [0.1, 0.15) is 0 Å². The van der Waals surface area contributed by atoms with Crippen LogP contribution in [0.4, 0.5) is 0 Å². The lowest BCUT2D eigenvalue weighted by Gasteiger charge is -2.04. The van der Waals surface area contributed by atoms with Crippen molar-refractivity contribution in [1.82, 2.24) is 5.32 Å². The summed E-state index contributed by atoms with van der Waals surface area (Å²) in [4.78, 5) is 11.7. The number of allylic oxidation sites excluding steroid dienone is 1. The Kier molecular flexibility index (Phi) is 4.91. The number of rotatable bonds is 4. The van der Waals surface area contributed by atoms with Crippen LogP contribution in [0.25, 0.3) is 0 Å². The van der Waals surface area contributed by atoms with Crippen molar-refractivity contribution in [3.63, 3.8) is 0 Å². The first-order valence-corrected chi connectivity index (χ1v) is 5.34. The molecule has 80 valence electrons. The van der Waals surface area contributed by atoms with E-state index in [1.165, 1.54) is 0 Å². The quantitative estimate of drug-likeness (QED) is 0.617. The molecule has 0 aliphatic rings. The Morgan fingerprint density at radius 3 is 2.80 bits per heavy atom. The molecule has 0 spiro atoms. The van der Waals surface area contributed by atoms with Crippen molar-refractivity contribution in [2.75, 3.05) is 12.4 Å². The van der Waals surface area contributed by atoms with Crippen LogP contribution in [0.3, 0.4) is 0 Å². The zero-order chi connectivity index (χ0) is 11.1. The van der Waals surface area contributed by atoms with Gasteiger partial charge in [-0.15, -0.1) is 11.6 Å². The third-order valence-electron chi connectivity index (χ3n) is 2.03. The van der Waals surface area contributed by atoms with E-state index in [0.29, 0.717) is 12.4 Å². The lowest BCUT2D eigenvalue weighted by atomic mass is 10.1. The molecule has 0 saturated carbocycles. The van der Waals surface area contributed by atoms with Crippen molar-refractivity contribution in [3.8, 4) is 0 Å². The van der Waals surface area contributed by atoms with E-state index in [1.807, 2.05) is 37.3 Å². The molecule has 1 N–H and O–H groups in total. The van der Waals surface area contributed by atoms with E-state index in [0.717, 1.165) is 11.1 Å². The van der Waals surface area contributed by atoms with Crippen molar-refractivity contribution in [1.29, 1.82) is 0 Å². The van der Waals surface area contributed by atoms with E-state index < -0.39 is 0 Å². The Bertz CT molecular complexity index is 360. The van der Waals surface area contributed by atoms with Crippen molar-refractivity contribution < 1.29 is 4.79 Å². The Hall–Kier alpha value is -1.28. The lowest BCUT2D eigenvalue weighted by Crippen LogP contribution is -2.24. The highest BCUT2D eigenvalue weighted by atomic mass is 35.5. The second-order valence-corrected chi connectivity index (χ2v) is 3.46. The summed E-state index contributed by atoms with van der Waals surface area (Å²) in [5.74, 6) is 0.424. The maximum Gasteiger partial charge on any atom is 0.251 e. The van der Waals surface area contributed by atoms with Gasteiger partial charge < -0.3 is 5.32 Å². The predicted molar refractivity (Wildman–Crippen MR) is 63.4 cm³/mol. The molecule has 1 amide bonds. The first-order valence-electron chi connectivity index (χ1n) is 4.80. The second-order valence-electron chi connectivity index (χ2n) is 3.15. The molecule has 0 fully saturated rings. The van der Waals surface area contributed by atoms with Gasteiger partial charge in [-0.2, -0.15) is 0 Å². The van der Waals surface area contributed by atoms with E-state index >= 15 is 0 Å². The first kappa shape index (κ1) is 11.8. The average molecular weight is 224 g/mol. The van der Waals surface area contributed by atoms with Crippen LogP contribution in [-0.4, -0.2) is 18.3 Å². The van der Waals surface area contributed by atoms with E-state index in [2.05, 4.69) is 5.32 Å². The number of hydrogen-bond donors (Lipinski definition) is 1. The third kappa shape index (κ3) is 3.76. The summed E-state index contributed by atoms with van der Waals surface area (Å²) in [5, 5.41) is 2.79. The number of carbonyl (C=O) groups is 1. The van der Waals surface area contributed by atoms with E-state index in [1.54, 1.807) is 6.08 Å². The van der Waals surface area contributed by atoms with Crippen LogP contribution in [0.1, 0.15) is 15.9 Å². The Morgan fingerprint density at radius 1 is 1.40 bits per heavy atom. The van der Waals surface area contributed by atoms with Crippen molar-refractivity contribution >= 4 is 17.5 Å². The number of alkyl halides is 1. The van der Waals surface area contributed by atoms with Gasteiger partial charge in [-0.3, -0.25) is 4.79 Å². The SMILES string of the molecule is Cc1ccccc1C(=O)NC/C=C/CCl. The first-order chi connectivity index (χ1) is 7.25. The standard InChI is InChI=1S/C12H14ClNO/c1-10-6-2-3-7-11(10)12(15)14-9-5-4-8-13/h2-7H,8-9H2,1H3,(H,14,15)/b5-4+. The number of carbonyl (C=O) groups excluding carboxylic acids is 1. The van der Waals surface area contributed by atoms with Crippen LogP contribution in [0.15, 0.2) is 36.4 Å². The fraction of sp³-hybridized carbons (Fsp3) is 0.250. The number of aryl methyl sites for hydroxylation is 1. The van der Waals surface area contributed by atoms with Crippen LogP contribution >= 0.6 is 11.6 Å². The van der Waals surface area contributed by atoms with Gasteiger partial charge in [0.15, 0.2) is 0 Å². The van der Waals surface area contributed by atoms with Gasteiger partial charge in [-0.1, -0.05) is 30.4 Å². The molecule has 0 heterocycles. The topological polar surface area (TPSA) is 29.1 Å². The molecule has 0 aliphatic carbocycles. The highest BCUT2D eigenvalue weighted by Gasteiger charge is 2.05. The van der Waals surface area contributed by atoms with Gasteiger partial charge in [0.05, 0.1) is 0 Å². The Labute approximate surface area is 94.9 Å². The molecular weight excluding hydrogens is 210 g/mol. The Morgan fingerprint density at radius 2 is 2.13 bits per heavy atom. The smallest absolute Gasteiger partial charge is 0.251 e. The summed E-state index contributed by atoms with van der Waals surface area (Å²) in [6, 6.07) is 7.51. The fourth-order valence-corrected chi connectivity index (χ4v) is 1.35. The molecule has 0 bridgehead atoms. The van der Waals surface area contributed by atoms with E-state index in [4.69, 9.17) is 11.6 Å². The predicted octanol–water partition coefficient (Wildman–Crippen LogP) is 2.52. The van der Waals surface area contributed by atoms with Gasteiger partial charge in [-0.05, 0) is 18.6 Å². The minimum Gasteiger partial charge on any atom is -0.349 e. The van der Waals surface area contributed by atoms with Gasteiger partial charge in [0, 0.05) is 18.0 Å². The van der Waals surface area contributed by atoms with Gasteiger partial charge >= 0.3 is 0 Å². The minimum absolute atomic E-state index is 0.0488. The number of halogens is 1. The summed E-state index contributed by atoms with van der Waals surface area (Å²) in [6.07, 6.45) is 3.64. The van der Waals surface area contributed by atoms with Crippen LogP contribution in [0, 0.1) is 6.92 Å². The molecule has 0 atom stereocenters. The average Bonchev–Trinajstić information content (AvgIpc) is 2.25. The van der Waals surface area contributed by atoms with Gasteiger partial charge in [-0.25, -0.2) is 0 Å². The molecule has 2 nitrogen and oxygen atoms in total. The zero-order valence-electron chi connectivity index (χ0n) is 8.66. The molecule has 0 aromatic heterocycles. The van der Waals surface area contributed by atoms with Gasteiger partial charge in [0.2, 0.25) is 0 Å². The largest absolute Gasteiger partial charge is 0.349 e. The molecule has 3 heteroatoms.